The van der Waals surface area contributed by atoms with Gasteiger partial charge in [-0.05, 0) is 0 Å². The third-order valence-corrected chi connectivity index (χ3v) is 1.40. The van der Waals surface area contributed by atoms with Crippen molar-refractivity contribution in [1.82, 2.24) is 0 Å². The predicted octanol–water partition coefficient (Wildman–Crippen LogP) is -0.260. The maximum absolute atomic E-state index is 8.61. The van der Waals surface area contributed by atoms with E-state index in [9.17, 15) is 0 Å². The molecule has 0 aromatic heterocycles. The van der Waals surface area contributed by atoms with Crippen LogP contribution in [-0.4, -0.2) is 29.5 Å². The molecule has 0 aliphatic rings. The summed E-state index contributed by atoms with van der Waals surface area (Å²) < 4.78 is 4.77. The molecule has 0 saturated heterocycles. The van der Waals surface area contributed by atoms with Crippen molar-refractivity contribution in [2.75, 3.05) is 13.2 Å². The maximum atomic E-state index is 8.61. The topological polar surface area (TPSA) is 49.7 Å². The fraction of sp³-hybridized carbons (Fsp3) is 1.00. The second-order valence-corrected chi connectivity index (χ2v) is 2.50. The number of aliphatic hydroxyl groups excluding tert-OH is 2. The monoisotopic (exact) mass is 156 g/mol. The van der Waals surface area contributed by atoms with Crippen LogP contribution in [0.1, 0.15) is 0 Å². The molecule has 0 aliphatic heterocycles. The van der Waals surface area contributed by atoms with Gasteiger partial charge in [0.15, 0.2) is 0 Å². The Balaban J connectivity index is 2.86. The summed E-state index contributed by atoms with van der Waals surface area (Å²) >= 11 is 0. The molecule has 0 fully saturated rings. The molecule has 0 saturated carbocycles. The molecule has 0 amide bonds. The Hall–Kier alpha value is 0.740. The third-order valence-electron chi connectivity index (χ3n) is 0.570. The zero-order chi connectivity index (χ0) is 6.41. The highest BCUT2D eigenvalue weighted by atomic mass is 32.0. The molecule has 3 nitrogen and oxygen atoms in total. The molecule has 0 aliphatic carbocycles. The number of hydrogen-bond donors (Lipinski definition) is 2. The van der Waals surface area contributed by atoms with Crippen LogP contribution in [0.25, 0.3) is 0 Å². The summed E-state index contributed by atoms with van der Waals surface area (Å²) in [5.41, 5.74) is 0. The highest BCUT2D eigenvalue weighted by Crippen LogP contribution is 2.20. The smallest absolute Gasteiger partial charge is 0.101 e. The van der Waals surface area contributed by atoms with E-state index in [0.717, 1.165) is 0 Å². The average Bonchev–Trinajstić information content (AvgIpc) is 1.83. The summed E-state index contributed by atoms with van der Waals surface area (Å²) in [5, 5.41) is 16.8. The van der Waals surface area contributed by atoms with E-state index in [0.29, 0.717) is 8.50 Å². The van der Waals surface area contributed by atoms with Crippen LogP contribution in [0, 0.1) is 0 Å². The SMILES string of the molecule is OCC(O)COPP. The maximum Gasteiger partial charge on any atom is 0.101 e. The zero-order valence-electron chi connectivity index (χ0n) is 4.37. The third kappa shape index (κ3) is 4.89. The van der Waals surface area contributed by atoms with E-state index < -0.39 is 6.10 Å². The van der Waals surface area contributed by atoms with Gasteiger partial charge in [-0.2, -0.15) is 0 Å². The Bertz CT molecular complexity index is 51.8. The fourth-order valence-electron chi connectivity index (χ4n) is 0.197. The van der Waals surface area contributed by atoms with Gasteiger partial charge in [0, 0.05) is 8.50 Å². The standard InChI is InChI=1S/C3H10O3P2/c4-1-3(5)2-6-8-7/h3-5,8H,1-2,7H2. The van der Waals surface area contributed by atoms with Gasteiger partial charge in [-0.25, -0.2) is 0 Å². The van der Waals surface area contributed by atoms with Crippen molar-refractivity contribution in [2.45, 2.75) is 6.10 Å². The molecule has 0 rings (SSSR count). The minimum absolute atomic E-state index is 0.221. The molecule has 8 heavy (non-hydrogen) atoms. The summed E-state index contributed by atoms with van der Waals surface area (Å²) in [6.07, 6.45) is -0.719. The summed E-state index contributed by atoms with van der Waals surface area (Å²) in [6, 6.07) is 0. The number of aliphatic hydroxyl groups is 2. The van der Waals surface area contributed by atoms with Gasteiger partial charge in [0.2, 0.25) is 0 Å². The first-order valence-electron chi connectivity index (χ1n) is 2.17. The fourth-order valence-corrected chi connectivity index (χ4v) is 0.774. The zero-order valence-corrected chi connectivity index (χ0v) is 6.53. The lowest BCUT2D eigenvalue weighted by Crippen LogP contribution is -2.16. The molecule has 0 radical (unpaired) electrons. The molecular formula is C3H10O3P2. The van der Waals surface area contributed by atoms with Crippen LogP contribution < -0.4 is 0 Å². The summed E-state index contributed by atoms with van der Waals surface area (Å²) in [7, 11) is 2.68. The molecule has 2 N–H and O–H groups in total. The number of rotatable bonds is 4. The molecule has 0 spiro atoms. The van der Waals surface area contributed by atoms with Gasteiger partial charge in [0.05, 0.1) is 13.2 Å². The molecule has 3 atom stereocenters. The molecule has 50 valence electrons. The second kappa shape index (κ2) is 5.87. The largest absolute Gasteiger partial charge is 0.394 e. The van der Waals surface area contributed by atoms with Gasteiger partial charge in [-0.3, -0.25) is 0 Å². The van der Waals surface area contributed by atoms with Crippen LogP contribution in [0.4, 0.5) is 0 Å². The van der Waals surface area contributed by atoms with Crippen molar-refractivity contribution < 1.29 is 14.7 Å². The van der Waals surface area contributed by atoms with Gasteiger partial charge in [-0.1, -0.05) is 8.93 Å². The van der Waals surface area contributed by atoms with Crippen molar-refractivity contribution >= 4 is 17.4 Å². The first kappa shape index (κ1) is 8.74. The van der Waals surface area contributed by atoms with E-state index >= 15 is 0 Å². The van der Waals surface area contributed by atoms with Gasteiger partial charge in [0.1, 0.15) is 6.10 Å². The molecule has 0 bridgehead atoms. The van der Waals surface area contributed by atoms with Crippen LogP contribution in [0.5, 0.6) is 0 Å². The molecular weight excluding hydrogens is 146 g/mol. The lowest BCUT2D eigenvalue weighted by Gasteiger charge is -2.04. The quantitative estimate of drug-likeness (QED) is 0.551. The molecule has 5 heteroatoms. The van der Waals surface area contributed by atoms with Gasteiger partial charge < -0.3 is 14.7 Å². The normalized spacial score (nSPS) is 15.4. The van der Waals surface area contributed by atoms with Gasteiger partial charge >= 0.3 is 0 Å². The van der Waals surface area contributed by atoms with Crippen LogP contribution in [-0.2, 0) is 4.52 Å². The van der Waals surface area contributed by atoms with Gasteiger partial charge in [0.25, 0.3) is 0 Å². The Kier molecular flexibility index (Phi) is 6.41. The van der Waals surface area contributed by atoms with E-state index in [-0.39, 0.29) is 13.2 Å². The Morgan fingerprint density at radius 1 is 1.75 bits per heavy atom. The van der Waals surface area contributed by atoms with Crippen molar-refractivity contribution in [3.05, 3.63) is 0 Å². The Morgan fingerprint density at radius 3 is 2.75 bits per heavy atom. The second-order valence-electron chi connectivity index (χ2n) is 1.27. The minimum Gasteiger partial charge on any atom is -0.394 e. The van der Waals surface area contributed by atoms with Crippen LogP contribution in [0.3, 0.4) is 0 Å². The van der Waals surface area contributed by atoms with Crippen LogP contribution in [0.2, 0.25) is 0 Å². The van der Waals surface area contributed by atoms with E-state index in [1.165, 1.54) is 0 Å². The molecule has 0 aromatic rings. The summed E-state index contributed by atoms with van der Waals surface area (Å²) in [4.78, 5) is 0. The molecule has 3 unspecified atom stereocenters. The van der Waals surface area contributed by atoms with Crippen LogP contribution in [0.15, 0.2) is 0 Å². The van der Waals surface area contributed by atoms with E-state index in [1.54, 1.807) is 0 Å². The predicted molar refractivity (Wildman–Crippen MR) is 37.1 cm³/mol. The highest BCUT2D eigenvalue weighted by Gasteiger charge is 1.98. The van der Waals surface area contributed by atoms with Crippen molar-refractivity contribution in [3.63, 3.8) is 0 Å². The van der Waals surface area contributed by atoms with Crippen molar-refractivity contribution in [3.8, 4) is 0 Å². The minimum atomic E-state index is -0.719. The van der Waals surface area contributed by atoms with E-state index in [4.69, 9.17) is 14.7 Å². The summed E-state index contributed by atoms with van der Waals surface area (Å²) in [6.45, 7) is -0.00636. The number of hydrogen-bond acceptors (Lipinski definition) is 3. The lowest BCUT2D eigenvalue weighted by atomic mass is 10.4. The first-order chi connectivity index (χ1) is 3.81. The van der Waals surface area contributed by atoms with E-state index in [2.05, 4.69) is 8.93 Å². The van der Waals surface area contributed by atoms with Gasteiger partial charge in [-0.15, -0.1) is 0 Å². The lowest BCUT2D eigenvalue weighted by molar-refractivity contribution is 0.0595. The highest BCUT2D eigenvalue weighted by molar-refractivity contribution is 8.00. The molecule has 0 heterocycles. The van der Waals surface area contributed by atoms with Crippen molar-refractivity contribution in [2.24, 2.45) is 0 Å². The Labute approximate surface area is 52.4 Å². The van der Waals surface area contributed by atoms with Crippen LogP contribution >= 0.6 is 17.4 Å². The van der Waals surface area contributed by atoms with E-state index in [1.807, 2.05) is 0 Å². The average molecular weight is 156 g/mol. The summed E-state index contributed by atoms with van der Waals surface area (Å²) in [5.74, 6) is 0. The first-order valence-corrected chi connectivity index (χ1v) is 4.89. The molecule has 0 aromatic carbocycles. The van der Waals surface area contributed by atoms with Crippen molar-refractivity contribution in [1.29, 1.82) is 0 Å². The Morgan fingerprint density at radius 2 is 2.38 bits per heavy atom.